The predicted molar refractivity (Wildman–Crippen MR) is 96.8 cm³/mol. The second-order valence-corrected chi connectivity index (χ2v) is 7.30. The molecule has 0 atom stereocenters. The van der Waals surface area contributed by atoms with Crippen LogP contribution in [0.5, 0.6) is 0 Å². The SMILES string of the molecule is CCCNCCCN(CCCN(C)CC)C[SiH2]OC(C)C. The normalized spacial score (nSPS) is 12.6. The van der Waals surface area contributed by atoms with E-state index in [-0.39, 0.29) is 9.76 Å². The van der Waals surface area contributed by atoms with Crippen LogP contribution < -0.4 is 5.32 Å². The number of rotatable bonds is 15. The van der Waals surface area contributed by atoms with Gasteiger partial charge in [0.2, 0.25) is 0 Å². The van der Waals surface area contributed by atoms with Crippen LogP contribution in [0.2, 0.25) is 0 Å². The first-order valence-electron chi connectivity index (χ1n) is 8.83. The molecular weight excluding hydrogens is 278 g/mol. The molecular formula is C16H39N3OSi. The molecule has 0 bridgehead atoms. The van der Waals surface area contributed by atoms with Crippen molar-refractivity contribution in [2.24, 2.45) is 0 Å². The van der Waals surface area contributed by atoms with Crippen LogP contribution in [0.3, 0.4) is 0 Å². The second-order valence-electron chi connectivity index (χ2n) is 6.11. The highest BCUT2D eigenvalue weighted by Crippen LogP contribution is 1.97. The van der Waals surface area contributed by atoms with Crippen LogP contribution in [0, 0.1) is 0 Å². The van der Waals surface area contributed by atoms with Gasteiger partial charge in [0.1, 0.15) is 0 Å². The second kappa shape index (κ2) is 15.0. The minimum atomic E-state index is -0.388. The molecule has 0 saturated heterocycles. The molecule has 0 amide bonds. The number of nitrogens with one attached hydrogen (secondary N) is 1. The highest BCUT2D eigenvalue weighted by Gasteiger charge is 2.06. The molecule has 0 unspecified atom stereocenters. The molecule has 0 spiro atoms. The first kappa shape index (κ1) is 21.1. The lowest BCUT2D eigenvalue weighted by Gasteiger charge is -2.24. The van der Waals surface area contributed by atoms with E-state index in [4.69, 9.17) is 4.43 Å². The van der Waals surface area contributed by atoms with Gasteiger partial charge in [-0.1, -0.05) is 13.8 Å². The molecule has 0 aliphatic rings. The van der Waals surface area contributed by atoms with Gasteiger partial charge in [-0.2, -0.15) is 0 Å². The van der Waals surface area contributed by atoms with E-state index in [2.05, 4.69) is 49.9 Å². The summed E-state index contributed by atoms with van der Waals surface area (Å²) in [6.45, 7) is 15.8. The van der Waals surface area contributed by atoms with E-state index >= 15 is 0 Å². The molecule has 1 N–H and O–H groups in total. The Hall–Kier alpha value is 0.0569. The standard InChI is InChI=1S/C16H39N3OSi/c1-6-10-17-11-8-13-19(15-21-20-16(3)4)14-9-12-18(5)7-2/h16-17H,6-15,21H2,1-5H3. The monoisotopic (exact) mass is 317 g/mol. The molecule has 0 aliphatic heterocycles. The van der Waals surface area contributed by atoms with Crippen LogP contribution in [0.25, 0.3) is 0 Å². The van der Waals surface area contributed by atoms with Gasteiger partial charge in [-0.15, -0.1) is 0 Å². The Balaban J connectivity index is 3.85. The average Bonchev–Trinajstić information content (AvgIpc) is 2.45. The molecule has 0 saturated carbocycles. The maximum absolute atomic E-state index is 5.84. The van der Waals surface area contributed by atoms with Crippen molar-refractivity contribution < 1.29 is 4.43 Å². The van der Waals surface area contributed by atoms with Gasteiger partial charge < -0.3 is 19.5 Å². The van der Waals surface area contributed by atoms with Gasteiger partial charge in [0.15, 0.2) is 9.76 Å². The third-order valence-electron chi connectivity index (χ3n) is 3.67. The molecule has 0 radical (unpaired) electrons. The first-order valence-corrected chi connectivity index (χ1v) is 10.4. The lowest BCUT2D eigenvalue weighted by Crippen LogP contribution is -2.35. The van der Waals surface area contributed by atoms with Gasteiger partial charge in [0.05, 0.1) is 0 Å². The lowest BCUT2D eigenvalue weighted by molar-refractivity contribution is 0.228. The van der Waals surface area contributed by atoms with E-state index in [1.54, 1.807) is 0 Å². The fourth-order valence-electron chi connectivity index (χ4n) is 2.20. The van der Waals surface area contributed by atoms with Crippen LogP contribution in [0.15, 0.2) is 0 Å². The summed E-state index contributed by atoms with van der Waals surface area (Å²) >= 11 is 0. The van der Waals surface area contributed by atoms with Gasteiger partial charge in [0.25, 0.3) is 0 Å². The van der Waals surface area contributed by atoms with E-state index in [1.807, 2.05) is 0 Å². The topological polar surface area (TPSA) is 27.7 Å². The Morgan fingerprint density at radius 3 is 2.38 bits per heavy atom. The summed E-state index contributed by atoms with van der Waals surface area (Å²) in [5, 5.41) is 3.49. The maximum Gasteiger partial charge on any atom is 0.175 e. The van der Waals surface area contributed by atoms with Gasteiger partial charge >= 0.3 is 0 Å². The Kier molecular flexibility index (Phi) is 15.0. The molecule has 128 valence electrons. The van der Waals surface area contributed by atoms with Crippen molar-refractivity contribution in [1.82, 2.24) is 15.1 Å². The number of hydrogen-bond acceptors (Lipinski definition) is 4. The van der Waals surface area contributed by atoms with E-state index < -0.39 is 0 Å². The van der Waals surface area contributed by atoms with Crippen LogP contribution in [-0.4, -0.2) is 78.2 Å². The summed E-state index contributed by atoms with van der Waals surface area (Å²) in [6.07, 6.45) is 5.34. The van der Waals surface area contributed by atoms with Crippen molar-refractivity contribution in [1.29, 1.82) is 0 Å². The third-order valence-corrected chi connectivity index (χ3v) is 5.38. The Morgan fingerprint density at radius 1 is 1.05 bits per heavy atom. The van der Waals surface area contributed by atoms with Crippen molar-refractivity contribution in [3.8, 4) is 0 Å². The average molecular weight is 318 g/mol. The van der Waals surface area contributed by atoms with Crippen LogP contribution in [0.4, 0.5) is 0 Å². The summed E-state index contributed by atoms with van der Waals surface area (Å²) < 4.78 is 5.84. The van der Waals surface area contributed by atoms with E-state index in [1.165, 1.54) is 45.1 Å². The van der Waals surface area contributed by atoms with Gasteiger partial charge in [-0.25, -0.2) is 0 Å². The molecule has 0 fully saturated rings. The lowest BCUT2D eigenvalue weighted by atomic mass is 10.3. The van der Waals surface area contributed by atoms with E-state index in [9.17, 15) is 0 Å². The first-order chi connectivity index (χ1) is 10.1. The molecule has 5 heteroatoms. The van der Waals surface area contributed by atoms with E-state index in [0.717, 1.165) is 19.6 Å². The van der Waals surface area contributed by atoms with Gasteiger partial charge in [-0.3, -0.25) is 0 Å². The molecule has 0 heterocycles. The van der Waals surface area contributed by atoms with Crippen molar-refractivity contribution in [3.63, 3.8) is 0 Å². The third kappa shape index (κ3) is 14.7. The van der Waals surface area contributed by atoms with Crippen molar-refractivity contribution in [2.75, 3.05) is 52.5 Å². The minimum Gasteiger partial charge on any atom is -0.420 e. The fourth-order valence-corrected chi connectivity index (χ4v) is 3.49. The molecule has 0 aromatic carbocycles. The Bertz CT molecular complexity index is 218. The molecule has 0 rings (SSSR count). The molecule has 0 aliphatic carbocycles. The van der Waals surface area contributed by atoms with Gasteiger partial charge in [-0.05, 0) is 79.4 Å². The van der Waals surface area contributed by atoms with Crippen molar-refractivity contribution in [3.05, 3.63) is 0 Å². The van der Waals surface area contributed by atoms with Crippen LogP contribution in [-0.2, 0) is 4.43 Å². The van der Waals surface area contributed by atoms with Gasteiger partial charge in [0, 0.05) is 12.3 Å². The predicted octanol–water partition coefficient (Wildman–Crippen LogP) is 1.49. The zero-order valence-corrected chi connectivity index (χ0v) is 16.6. The zero-order chi connectivity index (χ0) is 15.9. The zero-order valence-electron chi connectivity index (χ0n) is 15.2. The van der Waals surface area contributed by atoms with Crippen LogP contribution in [0.1, 0.15) is 47.0 Å². The number of hydrogen-bond donors (Lipinski definition) is 1. The maximum atomic E-state index is 5.84. The number of nitrogens with zero attached hydrogens (tertiary/aromatic N) is 2. The molecule has 0 aromatic rings. The summed E-state index contributed by atoms with van der Waals surface area (Å²) in [6, 6.07) is 0. The Labute approximate surface area is 135 Å². The van der Waals surface area contributed by atoms with Crippen molar-refractivity contribution in [2.45, 2.75) is 53.1 Å². The molecule has 0 aromatic heterocycles. The molecule has 4 nitrogen and oxygen atoms in total. The quantitative estimate of drug-likeness (QED) is 0.366. The summed E-state index contributed by atoms with van der Waals surface area (Å²) in [7, 11) is 1.82. The van der Waals surface area contributed by atoms with Crippen LogP contribution >= 0.6 is 0 Å². The smallest absolute Gasteiger partial charge is 0.175 e. The summed E-state index contributed by atoms with van der Waals surface area (Å²) in [4.78, 5) is 5.01. The largest absolute Gasteiger partial charge is 0.420 e. The highest BCUT2D eigenvalue weighted by atomic mass is 28.2. The fraction of sp³-hybridized carbons (Fsp3) is 1.00. The summed E-state index contributed by atoms with van der Waals surface area (Å²) in [5.74, 6) is 0. The highest BCUT2D eigenvalue weighted by molar-refractivity contribution is 6.27. The summed E-state index contributed by atoms with van der Waals surface area (Å²) in [5.41, 5.74) is 0. The van der Waals surface area contributed by atoms with E-state index in [0.29, 0.717) is 6.10 Å². The van der Waals surface area contributed by atoms with Crippen molar-refractivity contribution >= 4 is 9.76 Å². The minimum absolute atomic E-state index is 0.388. The Morgan fingerprint density at radius 2 is 1.76 bits per heavy atom. The molecule has 21 heavy (non-hydrogen) atoms.